The highest BCUT2D eigenvalue weighted by Crippen LogP contribution is 2.46. The summed E-state index contributed by atoms with van der Waals surface area (Å²) < 4.78 is 43.2. The molecule has 1 aromatic carbocycles. The molecule has 0 amide bonds. The summed E-state index contributed by atoms with van der Waals surface area (Å²) in [6.07, 6.45) is 3.89. The van der Waals surface area contributed by atoms with E-state index in [1.165, 1.54) is 0 Å². The first-order chi connectivity index (χ1) is 18.8. The molecule has 3 saturated heterocycles. The molecule has 0 radical (unpaired) electrons. The van der Waals surface area contributed by atoms with Crippen LogP contribution in [-0.2, 0) is 4.43 Å². The second kappa shape index (κ2) is 10.3. The maximum atomic E-state index is 15.5. The van der Waals surface area contributed by atoms with E-state index in [1.54, 1.807) is 6.07 Å². The van der Waals surface area contributed by atoms with E-state index in [0.717, 1.165) is 45.3 Å². The van der Waals surface area contributed by atoms with Gasteiger partial charge in [0.2, 0.25) is 0 Å². The summed E-state index contributed by atoms with van der Waals surface area (Å²) in [4.78, 5) is 13.8. The van der Waals surface area contributed by atoms with Gasteiger partial charge in [0.05, 0.1) is 15.0 Å². The maximum absolute atomic E-state index is 15.5. The van der Waals surface area contributed by atoms with E-state index < -0.39 is 20.3 Å². The summed E-state index contributed by atoms with van der Waals surface area (Å²) in [6.45, 7) is 14.7. The van der Waals surface area contributed by atoms with Crippen molar-refractivity contribution in [3.8, 4) is 6.01 Å². The quantitative estimate of drug-likeness (QED) is 0.239. The molecule has 4 fully saturated rings. The normalized spacial score (nSPS) is 30.9. The summed E-state index contributed by atoms with van der Waals surface area (Å²) in [6, 6.07) is 1.87. The standard InChI is InChI=1S/C29H40BrClF2N4O2Si/c1-28(2,3)40(4,5)39-22-10-17-9-18(22)14-36(13-17)26-20-11-21(31)23(30)24(33)25(20)34-27(35-26)38-16-29-7-6-8-37(29)15-19(32)12-29/h11,17-19,22H,6-10,12-16H2,1-5H3/t17-,18-,19-,22-,29+/m1/s1. The minimum atomic E-state index is -1.91. The number of hydrogen-bond acceptors (Lipinski definition) is 6. The molecule has 3 aliphatic heterocycles. The molecule has 4 aliphatic rings. The first kappa shape index (κ1) is 29.0. The van der Waals surface area contributed by atoms with Crippen molar-refractivity contribution in [2.75, 3.05) is 37.7 Å². The van der Waals surface area contributed by atoms with Crippen LogP contribution in [0.3, 0.4) is 0 Å². The third-order valence-corrected chi connectivity index (χ3v) is 16.0. The van der Waals surface area contributed by atoms with Crippen LogP contribution < -0.4 is 9.64 Å². The topological polar surface area (TPSA) is 50.7 Å². The molecule has 40 heavy (non-hydrogen) atoms. The Morgan fingerprint density at radius 1 is 1.20 bits per heavy atom. The van der Waals surface area contributed by atoms with Crippen molar-refractivity contribution in [2.24, 2.45) is 11.8 Å². The Balaban J connectivity index is 1.31. The second-order valence-electron chi connectivity index (χ2n) is 14.0. The van der Waals surface area contributed by atoms with Gasteiger partial charge in [-0.3, -0.25) is 4.90 Å². The van der Waals surface area contributed by atoms with E-state index >= 15 is 4.39 Å². The maximum Gasteiger partial charge on any atom is 0.319 e. The largest absolute Gasteiger partial charge is 0.461 e. The van der Waals surface area contributed by atoms with E-state index in [9.17, 15) is 4.39 Å². The molecule has 0 spiro atoms. The molecule has 6 rings (SSSR count). The van der Waals surface area contributed by atoms with Gasteiger partial charge in [-0.25, -0.2) is 8.78 Å². The zero-order chi connectivity index (χ0) is 28.6. The van der Waals surface area contributed by atoms with Crippen LogP contribution in [0.2, 0.25) is 23.2 Å². The Bertz CT molecular complexity index is 1310. The number of anilines is 1. The van der Waals surface area contributed by atoms with Crippen molar-refractivity contribution in [3.63, 3.8) is 0 Å². The van der Waals surface area contributed by atoms with Crippen LogP contribution in [0.25, 0.3) is 10.9 Å². The van der Waals surface area contributed by atoms with Crippen LogP contribution in [0.5, 0.6) is 6.01 Å². The molecule has 0 unspecified atom stereocenters. The average molecular weight is 658 g/mol. The van der Waals surface area contributed by atoms with E-state index in [1.807, 2.05) is 0 Å². The highest BCUT2D eigenvalue weighted by atomic mass is 79.9. The highest BCUT2D eigenvalue weighted by Gasteiger charge is 2.50. The van der Waals surface area contributed by atoms with Gasteiger partial charge in [-0.2, -0.15) is 9.97 Å². The van der Waals surface area contributed by atoms with Crippen molar-refractivity contribution in [3.05, 3.63) is 21.4 Å². The van der Waals surface area contributed by atoms with Gasteiger partial charge in [-0.05, 0) is 78.3 Å². The van der Waals surface area contributed by atoms with Crippen LogP contribution in [-0.4, -0.2) is 73.8 Å². The molecule has 1 aromatic heterocycles. The van der Waals surface area contributed by atoms with Gasteiger partial charge < -0.3 is 14.1 Å². The fraction of sp³-hybridized carbons (Fsp3) is 0.724. The number of alkyl halides is 1. The van der Waals surface area contributed by atoms with Gasteiger partial charge in [-0.15, -0.1) is 0 Å². The fourth-order valence-corrected chi connectivity index (χ4v) is 9.06. The Morgan fingerprint density at radius 2 is 1.98 bits per heavy atom. The predicted octanol–water partition coefficient (Wildman–Crippen LogP) is 7.38. The summed E-state index contributed by atoms with van der Waals surface area (Å²) in [5, 5.41) is 1.00. The molecular formula is C29H40BrClF2N4O2Si. The van der Waals surface area contributed by atoms with E-state index in [2.05, 4.69) is 64.6 Å². The number of nitrogens with zero attached hydrogens (tertiary/aromatic N) is 4. The predicted molar refractivity (Wildman–Crippen MR) is 161 cm³/mol. The lowest BCUT2D eigenvalue weighted by Crippen LogP contribution is -2.46. The summed E-state index contributed by atoms with van der Waals surface area (Å²) in [5.74, 6) is 0.973. The average Bonchev–Trinajstić information content (AvgIpc) is 3.49. The Kier molecular flexibility index (Phi) is 7.46. The summed E-state index contributed by atoms with van der Waals surface area (Å²) in [7, 11) is -1.91. The minimum Gasteiger partial charge on any atom is -0.461 e. The van der Waals surface area contributed by atoms with Crippen LogP contribution in [0, 0.1) is 17.7 Å². The van der Waals surface area contributed by atoms with Crippen LogP contribution in [0.15, 0.2) is 10.5 Å². The molecule has 1 saturated carbocycles. The molecule has 2 bridgehead atoms. The monoisotopic (exact) mass is 656 g/mol. The number of aromatic nitrogens is 2. The Hall–Kier alpha value is -1.07. The number of piperidine rings is 1. The van der Waals surface area contributed by atoms with E-state index in [0.29, 0.717) is 42.6 Å². The van der Waals surface area contributed by atoms with E-state index in [4.69, 9.17) is 25.7 Å². The van der Waals surface area contributed by atoms with Crippen LogP contribution in [0.4, 0.5) is 14.6 Å². The van der Waals surface area contributed by atoms with Crippen molar-refractivity contribution in [1.82, 2.24) is 14.9 Å². The number of fused-ring (bicyclic) bond motifs is 4. The third-order valence-electron chi connectivity index (χ3n) is 10.2. The third kappa shape index (κ3) is 5.07. The van der Waals surface area contributed by atoms with Crippen LogP contribution >= 0.6 is 27.5 Å². The van der Waals surface area contributed by atoms with Gasteiger partial charge in [0.1, 0.15) is 24.1 Å². The van der Waals surface area contributed by atoms with Gasteiger partial charge in [-0.1, -0.05) is 32.4 Å². The first-order valence-electron chi connectivity index (χ1n) is 14.6. The van der Waals surface area contributed by atoms with Crippen molar-refractivity contribution in [1.29, 1.82) is 0 Å². The summed E-state index contributed by atoms with van der Waals surface area (Å²) >= 11 is 9.70. The number of rotatable bonds is 6. The Morgan fingerprint density at radius 3 is 2.73 bits per heavy atom. The fourth-order valence-electron chi connectivity index (χ4n) is 7.17. The van der Waals surface area contributed by atoms with Gasteiger partial charge in [0.15, 0.2) is 14.1 Å². The first-order valence-corrected chi connectivity index (χ1v) is 18.6. The molecule has 5 atom stereocenters. The molecule has 4 heterocycles. The molecule has 1 aliphatic carbocycles. The summed E-state index contributed by atoms with van der Waals surface area (Å²) in [5.41, 5.74) is -0.158. The molecular weight excluding hydrogens is 618 g/mol. The number of halogens is 4. The molecule has 0 N–H and O–H groups in total. The molecule has 2 aromatic rings. The zero-order valence-corrected chi connectivity index (χ0v) is 27.4. The SMILES string of the molecule is CC(C)(C)[Si](C)(C)O[C@@H]1C[C@H]2C[C@@H]1CN(c1nc(OC[C@@]34CCCN3C[C@H](F)C4)nc3c(F)c(Br)c(Cl)cc13)C2. The lowest BCUT2D eigenvalue weighted by molar-refractivity contribution is 0.107. The van der Waals surface area contributed by atoms with Crippen molar-refractivity contribution in [2.45, 2.75) is 88.8 Å². The number of benzene rings is 1. The van der Waals surface area contributed by atoms with Crippen LogP contribution in [0.1, 0.15) is 52.9 Å². The van der Waals surface area contributed by atoms with Gasteiger partial charge in [0.25, 0.3) is 0 Å². The molecule has 220 valence electrons. The second-order valence-corrected chi connectivity index (χ2v) is 20.0. The minimum absolute atomic E-state index is 0.131. The van der Waals surface area contributed by atoms with Gasteiger partial charge >= 0.3 is 6.01 Å². The molecule has 6 nitrogen and oxygen atoms in total. The van der Waals surface area contributed by atoms with Crippen molar-refractivity contribution < 1.29 is 17.9 Å². The lowest BCUT2D eigenvalue weighted by atomic mass is 9.95. The van der Waals surface area contributed by atoms with E-state index in [-0.39, 0.29) is 37.7 Å². The highest BCUT2D eigenvalue weighted by molar-refractivity contribution is 9.10. The number of hydrogen-bond donors (Lipinski definition) is 0. The molecule has 11 heteroatoms. The lowest BCUT2D eigenvalue weighted by Gasteiger charge is -2.40. The van der Waals surface area contributed by atoms with Crippen molar-refractivity contribution >= 4 is 52.6 Å². The smallest absolute Gasteiger partial charge is 0.319 e. The number of ether oxygens (including phenoxy) is 1. The Labute approximate surface area is 250 Å². The van der Waals surface area contributed by atoms with Gasteiger partial charge in [0, 0.05) is 43.5 Å². The zero-order valence-electron chi connectivity index (χ0n) is 24.1.